The van der Waals surface area contributed by atoms with Crippen LogP contribution in [0.1, 0.15) is 17.0 Å². The minimum absolute atomic E-state index is 0.0493. The number of halogens is 1. The van der Waals surface area contributed by atoms with Gasteiger partial charge in [0.05, 0.1) is 13.0 Å². The van der Waals surface area contributed by atoms with E-state index in [0.717, 1.165) is 11.1 Å². The van der Waals surface area contributed by atoms with Crippen molar-refractivity contribution in [1.29, 1.82) is 0 Å². The number of nitrogens with zero attached hydrogens (tertiary/aromatic N) is 1. The molecule has 5 heteroatoms. The van der Waals surface area contributed by atoms with Crippen LogP contribution in [0, 0.1) is 11.7 Å². The molecule has 0 saturated carbocycles. The van der Waals surface area contributed by atoms with Crippen LogP contribution < -0.4 is 4.74 Å². The number of likely N-dealkylation sites (tertiary alicyclic amines) is 1. The summed E-state index contributed by atoms with van der Waals surface area (Å²) >= 11 is 0. The molecule has 0 bridgehead atoms. The minimum atomic E-state index is -0.785. The molecule has 1 saturated heterocycles. The number of carbonyl (C=O) groups is 1. The third kappa shape index (κ3) is 3.41. The second-order valence-electron chi connectivity index (χ2n) is 6.12. The smallest absolute Gasteiger partial charge is 0.308 e. The number of carboxylic acids is 1. The number of methoxy groups -OCH3 is 1. The first-order valence-corrected chi connectivity index (χ1v) is 7.91. The molecule has 0 radical (unpaired) electrons. The highest BCUT2D eigenvalue weighted by molar-refractivity contribution is 5.72. The number of hydrogen-bond donors (Lipinski definition) is 1. The molecule has 4 nitrogen and oxygen atoms in total. The Bertz CT molecular complexity index is 720. The minimum Gasteiger partial charge on any atom is -0.494 e. The van der Waals surface area contributed by atoms with Gasteiger partial charge in [-0.2, -0.15) is 0 Å². The maximum absolute atomic E-state index is 13.8. The van der Waals surface area contributed by atoms with Gasteiger partial charge in [-0.1, -0.05) is 36.4 Å². The van der Waals surface area contributed by atoms with E-state index in [1.54, 1.807) is 6.07 Å². The van der Waals surface area contributed by atoms with Crippen LogP contribution in [-0.4, -0.2) is 36.2 Å². The summed E-state index contributed by atoms with van der Waals surface area (Å²) in [6.07, 6.45) is 0. The van der Waals surface area contributed by atoms with Crippen LogP contribution in [0.2, 0.25) is 0 Å². The zero-order valence-electron chi connectivity index (χ0n) is 13.5. The van der Waals surface area contributed by atoms with E-state index in [0.29, 0.717) is 19.6 Å². The van der Waals surface area contributed by atoms with Crippen LogP contribution in [0.5, 0.6) is 5.75 Å². The quantitative estimate of drug-likeness (QED) is 0.915. The molecule has 0 aliphatic carbocycles. The average Bonchev–Trinajstić information content (AvgIpc) is 3.00. The SMILES string of the molecule is COc1ccc(CN2C[C@@H](C(=O)O)[C@H](c3ccccc3)C2)cc1F. The Kier molecular flexibility index (Phi) is 4.81. The maximum Gasteiger partial charge on any atom is 0.308 e. The second-order valence-corrected chi connectivity index (χ2v) is 6.12. The topological polar surface area (TPSA) is 49.8 Å². The molecule has 0 aromatic heterocycles. The molecule has 2 aromatic carbocycles. The van der Waals surface area contributed by atoms with E-state index in [-0.39, 0.29) is 11.7 Å². The summed E-state index contributed by atoms with van der Waals surface area (Å²) in [7, 11) is 1.43. The Morgan fingerprint density at radius 3 is 2.62 bits per heavy atom. The van der Waals surface area contributed by atoms with Crippen LogP contribution in [0.25, 0.3) is 0 Å². The van der Waals surface area contributed by atoms with E-state index in [4.69, 9.17) is 4.74 Å². The molecule has 1 aliphatic rings. The van der Waals surface area contributed by atoms with Gasteiger partial charge in [-0.15, -0.1) is 0 Å². The molecule has 0 amide bonds. The normalized spacial score (nSPS) is 20.9. The molecule has 24 heavy (non-hydrogen) atoms. The van der Waals surface area contributed by atoms with Crippen molar-refractivity contribution < 1.29 is 19.0 Å². The summed E-state index contributed by atoms with van der Waals surface area (Å²) in [5.74, 6) is -1.47. The molecule has 2 atom stereocenters. The van der Waals surface area contributed by atoms with Crippen molar-refractivity contribution in [3.63, 3.8) is 0 Å². The molecule has 1 heterocycles. The fraction of sp³-hybridized carbons (Fsp3) is 0.316. The Hall–Kier alpha value is -2.40. The third-order valence-electron chi connectivity index (χ3n) is 4.56. The van der Waals surface area contributed by atoms with Gasteiger partial charge in [-0.05, 0) is 23.3 Å². The van der Waals surface area contributed by atoms with Crippen LogP contribution in [0.3, 0.4) is 0 Å². The summed E-state index contributed by atoms with van der Waals surface area (Å²) in [6, 6.07) is 14.6. The average molecular weight is 329 g/mol. The van der Waals surface area contributed by atoms with Crippen LogP contribution >= 0.6 is 0 Å². The van der Waals surface area contributed by atoms with Gasteiger partial charge in [0, 0.05) is 25.6 Å². The summed E-state index contributed by atoms with van der Waals surface area (Å²) in [5, 5.41) is 9.54. The number of ether oxygens (including phenoxy) is 1. The Morgan fingerprint density at radius 1 is 1.25 bits per heavy atom. The predicted octanol–water partition coefficient (Wildman–Crippen LogP) is 3.13. The van der Waals surface area contributed by atoms with Gasteiger partial charge in [0.1, 0.15) is 0 Å². The Labute approximate surface area is 140 Å². The van der Waals surface area contributed by atoms with Crippen molar-refractivity contribution in [3.8, 4) is 5.75 Å². The standard InChI is InChI=1S/C19H20FNO3/c1-24-18-8-7-13(9-17(18)20)10-21-11-15(16(12-21)19(22)23)14-5-3-2-4-6-14/h2-9,15-16H,10-12H2,1H3,(H,22,23)/t15-,16+/m0/s1. The zero-order valence-corrected chi connectivity index (χ0v) is 13.5. The number of hydrogen-bond acceptors (Lipinski definition) is 3. The molecule has 2 aromatic rings. The lowest BCUT2D eigenvalue weighted by Crippen LogP contribution is -2.23. The third-order valence-corrected chi connectivity index (χ3v) is 4.56. The van der Waals surface area contributed by atoms with E-state index >= 15 is 0 Å². The van der Waals surface area contributed by atoms with Crippen molar-refractivity contribution in [2.45, 2.75) is 12.5 Å². The molecule has 1 fully saturated rings. The van der Waals surface area contributed by atoms with Gasteiger partial charge in [-0.25, -0.2) is 4.39 Å². The van der Waals surface area contributed by atoms with Gasteiger partial charge in [0.2, 0.25) is 0 Å². The molecule has 1 N–H and O–H groups in total. The molecule has 126 valence electrons. The van der Waals surface area contributed by atoms with Crippen molar-refractivity contribution >= 4 is 5.97 Å². The first-order valence-electron chi connectivity index (χ1n) is 7.91. The van der Waals surface area contributed by atoms with Gasteiger partial charge in [0.25, 0.3) is 0 Å². The largest absolute Gasteiger partial charge is 0.494 e. The van der Waals surface area contributed by atoms with Crippen molar-refractivity contribution in [3.05, 3.63) is 65.5 Å². The van der Waals surface area contributed by atoms with Gasteiger partial charge >= 0.3 is 5.97 Å². The summed E-state index contributed by atoms with van der Waals surface area (Å²) in [5.41, 5.74) is 1.85. The van der Waals surface area contributed by atoms with E-state index in [1.165, 1.54) is 13.2 Å². The van der Waals surface area contributed by atoms with E-state index in [9.17, 15) is 14.3 Å². The lowest BCUT2D eigenvalue weighted by Gasteiger charge is -2.16. The van der Waals surface area contributed by atoms with E-state index in [2.05, 4.69) is 4.90 Å². The number of rotatable bonds is 5. The highest BCUT2D eigenvalue weighted by Crippen LogP contribution is 2.33. The number of carboxylic acid groups (broad SMARTS) is 1. The highest BCUT2D eigenvalue weighted by atomic mass is 19.1. The number of aliphatic carboxylic acids is 1. The second kappa shape index (κ2) is 7.01. The Balaban J connectivity index is 1.76. The lowest BCUT2D eigenvalue weighted by atomic mass is 9.89. The van der Waals surface area contributed by atoms with Gasteiger partial charge in [-0.3, -0.25) is 9.69 Å². The molecule has 1 aliphatic heterocycles. The first-order chi connectivity index (χ1) is 11.6. The first kappa shape index (κ1) is 16.5. The van der Waals surface area contributed by atoms with E-state index in [1.807, 2.05) is 36.4 Å². The van der Waals surface area contributed by atoms with Crippen LogP contribution in [0.15, 0.2) is 48.5 Å². The molecular weight excluding hydrogens is 309 g/mol. The summed E-state index contributed by atoms with van der Waals surface area (Å²) in [6.45, 7) is 1.63. The lowest BCUT2D eigenvalue weighted by molar-refractivity contribution is -0.141. The highest BCUT2D eigenvalue weighted by Gasteiger charge is 2.38. The van der Waals surface area contributed by atoms with Gasteiger partial charge in [0.15, 0.2) is 11.6 Å². The number of benzene rings is 2. The van der Waals surface area contributed by atoms with Crippen LogP contribution in [0.4, 0.5) is 4.39 Å². The zero-order chi connectivity index (χ0) is 17.1. The van der Waals surface area contributed by atoms with Gasteiger partial charge < -0.3 is 9.84 Å². The summed E-state index contributed by atoms with van der Waals surface area (Å²) < 4.78 is 18.8. The molecule has 0 spiro atoms. The fourth-order valence-corrected chi connectivity index (χ4v) is 3.37. The van der Waals surface area contributed by atoms with Crippen LogP contribution in [-0.2, 0) is 11.3 Å². The Morgan fingerprint density at radius 2 is 2.00 bits per heavy atom. The van der Waals surface area contributed by atoms with Crippen molar-refractivity contribution in [1.82, 2.24) is 4.90 Å². The molecule has 3 rings (SSSR count). The van der Waals surface area contributed by atoms with Crippen molar-refractivity contribution in [2.24, 2.45) is 5.92 Å². The molecular formula is C19H20FNO3. The molecule has 0 unspecified atom stereocenters. The van der Waals surface area contributed by atoms with Crippen molar-refractivity contribution in [2.75, 3.05) is 20.2 Å². The maximum atomic E-state index is 13.8. The summed E-state index contributed by atoms with van der Waals surface area (Å²) in [4.78, 5) is 13.7. The monoisotopic (exact) mass is 329 g/mol. The fourth-order valence-electron chi connectivity index (χ4n) is 3.37. The predicted molar refractivity (Wildman–Crippen MR) is 88.5 cm³/mol. The van der Waals surface area contributed by atoms with E-state index < -0.39 is 17.7 Å².